The second-order valence-electron chi connectivity index (χ2n) is 6.53. The Hall–Kier alpha value is -1.92. The largest absolute Gasteiger partial charge is 0.478 e. The van der Waals surface area contributed by atoms with Crippen molar-refractivity contribution in [3.63, 3.8) is 0 Å². The molecule has 2 fully saturated rings. The van der Waals surface area contributed by atoms with Crippen LogP contribution >= 0.6 is 0 Å². The molecule has 124 valence electrons. The van der Waals surface area contributed by atoms with Crippen LogP contribution in [0.2, 0.25) is 0 Å². The molecule has 0 aliphatic carbocycles. The van der Waals surface area contributed by atoms with E-state index in [-0.39, 0.29) is 11.5 Å². The average molecular weight is 318 g/mol. The minimum Gasteiger partial charge on any atom is -0.478 e. The molecule has 23 heavy (non-hydrogen) atoms. The number of aliphatic hydroxyl groups excluding tert-OH is 1. The van der Waals surface area contributed by atoms with Gasteiger partial charge in [-0.3, -0.25) is 9.69 Å². The van der Waals surface area contributed by atoms with Crippen LogP contribution in [0.3, 0.4) is 0 Å². The Bertz CT molecular complexity index is 601. The monoisotopic (exact) mass is 318 g/mol. The third-order valence-corrected chi connectivity index (χ3v) is 5.01. The number of carbonyl (C=O) groups excluding carboxylic acids is 1. The number of likely N-dealkylation sites (tertiary alicyclic amines) is 1. The van der Waals surface area contributed by atoms with Crippen LogP contribution in [0.1, 0.15) is 35.2 Å². The summed E-state index contributed by atoms with van der Waals surface area (Å²) in [5, 5.41) is 22.2. The molecular formula is C17H22N2O4. The molecule has 0 unspecified atom stereocenters. The zero-order valence-electron chi connectivity index (χ0n) is 13.0. The highest BCUT2D eigenvalue weighted by Gasteiger charge is 2.49. The molecule has 1 aromatic rings. The molecule has 2 atom stereocenters. The number of hydrogen-bond donors (Lipinski definition) is 3. The number of piperidine rings is 2. The van der Waals surface area contributed by atoms with Gasteiger partial charge in [-0.1, -0.05) is 12.1 Å². The number of aliphatic hydroxyl groups is 1. The maximum atomic E-state index is 12.3. The Morgan fingerprint density at radius 2 is 2.09 bits per heavy atom. The highest BCUT2D eigenvalue weighted by Crippen LogP contribution is 2.37. The van der Waals surface area contributed by atoms with Crippen LogP contribution in [-0.4, -0.2) is 52.7 Å². The van der Waals surface area contributed by atoms with Gasteiger partial charge in [0, 0.05) is 26.2 Å². The lowest BCUT2D eigenvalue weighted by atomic mass is 9.71. The quantitative estimate of drug-likeness (QED) is 0.769. The van der Waals surface area contributed by atoms with Crippen molar-refractivity contribution in [1.82, 2.24) is 10.2 Å². The van der Waals surface area contributed by atoms with Crippen molar-refractivity contribution in [3.8, 4) is 0 Å². The van der Waals surface area contributed by atoms with Gasteiger partial charge in [-0.05, 0) is 37.0 Å². The summed E-state index contributed by atoms with van der Waals surface area (Å²) in [7, 11) is 0. The molecule has 0 aromatic heterocycles. The molecule has 6 nitrogen and oxygen atoms in total. The minimum absolute atomic E-state index is 0.0397. The number of aromatic carboxylic acids is 1. The SMILES string of the molecule is O=C(O)c1ccc(CN2CC[C@H](O)[C@@]3(CCCNC3=O)C2)cc1. The number of hydrogen-bond acceptors (Lipinski definition) is 4. The zero-order valence-corrected chi connectivity index (χ0v) is 13.0. The molecule has 1 aromatic carbocycles. The van der Waals surface area contributed by atoms with Gasteiger partial charge < -0.3 is 15.5 Å². The van der Waals surface area contributed by atoms with E-state index in [0.29, 0.717) is 32.5 Å². The van der Waals surface area contributed by atoms with Crippen LogP contribution in [0, 0.1) is 5.41 Å². The van der Waals surface area contributed by atoms with Gasteiger partial charge in [-0.25, -0.2) is 4.79 Å². The lowest BCUT2D eigenvalue weighted by molar-refractivity contribution is -0.149. The summed E-state index contributed by atoms with van der Waals surface area (Å²) in [5.74, 6) is -0.974. The molecule has 2 heterocycles. The van der Waals surface area contributed by atoms with Crippen LogP contribution < -0.4 is 5.32 Å². The fourth-order valence-electron chi connectivity index (χ4n) is 3.67. The van der Waals surface area contributed by atoms with Crippen molar-refractivity contribution >= 4 is 11.9 Å². The first-order valence-corrected chi connectivity index (χ1v) is 8.02. The molecule has 2 aliphatic heterocycles. The summed E-state index contributed by atoms with van der Waals surface area (Å²) in [5.41, 5.74) is 0.584. The summed E-state index contributed by atoms with van der Waals surface area (Å²) in [6, 6.07) is 6.81. The van der Waals surface area contributed by atoms with Gasteiger partial charge in [0.2, 0.25) is 5.91 Å². The van der Waals surface area contributed by atoms with Gasteiger partial charge in [-0.2, -0.15) is 0 Å². The summed E-state index contributed by atoms with van der Waals surface area (Å²) >= 11 is 0. The van der Waals surface area contributed by atoms with E-state index < -0.39 is 17.5 Å². The molecule has 1 amide bonds. The zero-order chi connectivity index (χ0) is 16.4. The van der Waals surface area contributed by atoms with Gasteiger partial charge in [0.25, 0.3) is 0 Å². The third kappa shape index (κ3) is 3.09. The second-order valence-corrected chi connectivity index (χ2v) is 6.53. The number of carbonyl (C=O) groups is 2. The summed E-state index contributed by atoms with van der Waals surface area (Å²) in [4.78, 5) is 25.4. The van der Waals surface area contributed by atoms with Crippen LogP contribution in [0.25, 0.3) is 0 Å². The Kier molecular flexibility index (Phi) is 4.37. The maximum Gasteiger partial charge on any atom is 0.335 e. The Morgan fingerprint density at radius 3 is 2.74 bits per heavy atom. The Labute approximate surface area is 135 Å². The number of nitrogens with one attached hydrogen (secondary N) is 1. The molecule has 3 N–H and O–H groups in total. The van der Waals surface area contributed by atoms with E-state index in [4.69, 9.17) is 5.11 Å². The van der Waals surface area contributed by atoms with Crippen molar-refractivity contribution in [1.29, 1.82) is 0 Å². The third-order valence-electron chi connectivity index (χ3n) is 5.01. The first-order valence-electron chi connectivity index (χ1n) is 8.02. The molecule has 0 radical (unpaired) electrons. The Balaban J connectivity index is 1.71. The summed E-state index contributed by atoms with van der Waals surface area (Å²) in [6.07, 6.45) is 1.60. The standard InChI is InChI=1S/C17H22N2O4/c20-14-6-9-19(11-17(14)7-1-8-18-16(17)23)10-12-2-4-13(5-3-12)15(21)22/h2-5,14,20H,1,6-11H2,(H,18,23)(H,21,22)/t14-,17+/m0/s1. The molecule has 2 saturated heterocycles. The normalized spacial score (nSPS) is 28.6. The van der Waals surface area contributed by atoms with Crippen LogP contribution in [0.15, 0.2) is 24.3 Å². The predicted molar refractivity (Wildman–Crippen MR) is 84.0 cm³/mol. The first-order chi connectivity index (χ1) is 11.0. The smallest absolute Gasteiger partial charge is 0.335 e. The minimum atomic E-state index is -0.935. The molecule has 6 heteroatoms. The van der Waals surface area contributed by atoms with Crippen molar-refractivity contribution in [3.05, 3.63) is 35.4 Å². The molecule has 1 spiro atoms. The number of carboxylic acid groups (broad SMARTS) is 1. The highest BCUT2D eigenvalue weighted by molar-refractivity contribution is 5.87. The number of nitrogens with zero attached hydrogens (tertiary/aromatic N) is 1. The molecule has 0 saturated carbocycles. The molecule has 3 rings (SSSR count). The summed E-state index contributed by atoms with van der Waals surface area (Å²) < 4.78 is 0. The van der Waals surface area contributed by atoms with E-state index in [1.54, 1.807) is 12.1 Å². The van der Waals surface area contributed by atoms with Crippen LogP contribution in [0.4, 0.5) is 0 Å². The summed E-state index contributed by atoms with van der Waals surface area (Å²) in [6.45, 7) is 2.61. The number of carboxylic acids is 1. The number of rotatable bonds is 3. The van der Waals surface area contributed by atoms with E-state index in [1.165, 1.54) is 0 Å². The maximum absolute atomic E-state index is 12.3. The van der Waals surface area contributed by atoms with E-state index in [1.807, 2.05) is 12.1 Å². The van der Waals surface area contributed by atoms with Crippen molar-refractivity contribution in [2.75, 3.05) is 19.6 Å². The highest BCUT2D eigenvalue weighted by atomic mass is 16.4. The Morgan fingerprint density at radius 1 is 1.35 bits per heavy atom. The van der Waals surface area contributed by atoms with E-state index in [0.717, 1.165) is 18.5 Å². The molecule has 0 bridgehead atoms. The van der Waals surface area contributed by atoms with Gasteiger partial charge in [-0.15, -0.1) is 0 Å². The fraction of sp³-hybridized carbons (Fsp3) is 0.529. The predicted octanol–water partition coefficient (Wildman–Crippen LogP) is 0.848. The van der Waals surface area contributed by atoms with Gasteiger partial charge >= 0.3 is 5.97 Å². The van der Waals surface area contributed by atoms with Gasteiger partial charge in [0.05, 0.1) is 17.1 Å². The number of benzene rings is 1. The first kappa shape index (κ1) is 16.0. The van der Waals surface area contributed by atoms with Crippen LogP contribution in [0.5, 0.6) is 0 Å². The van der Waals surface area contributed by atoms with E-state index in [9.17, 15) is 14.7 Å². The second kappa shape index (κ2) is 6.29. The number of amides is 1. The van der Waals surface area contributed by atoms with Crippen molar-refractivity contribution in [2.24, 2.45) is 5.41 Å². The van der Waals surface area contributed by atoms with Gasteiger partial charge in [0.15, 0.2) is 0 Å². The van der Waals surface area contributed by atoms with E-state index in [2.05, 4.69) is 10.2 Å². The molecular weight excluding hydrogens is 296 g/mol. The molecule has 2 aliphatic rings. The fourth-order valence-corrected chi connectivity index (χ4v) is 3.67. The lowest BCUT2D eigenvalue weighted by Crippen LogP contribution is -2.61. The van der Waals surface area contributed by atoms with Crippen molar-refractivity contribution in [2.45, 2.75) is 31.9 Å². The topological polar surface area (TPSA) is 89.9 Å². The van der Waals surface area contributed by atoms with Crippen molar-refractivity contribution < 1.29 is 19.8 Å². The lowest BCUT2D eigenvalue weighted by Gasteiger charge is -2.47. The average Bonchev–Trinajstić information content (AvgIpc) is 2.54. The van der Waals surface area contributed by atoms with Crippen LogP contribution in [-0.2, 0) is 11.3 Å². The van der Waals surface area contributed by atoms with Gasteiger partial charge in [0.1, 0.15) is 0 Å². The van der Waals surface area contributed by atoms with E-state index >= 15 is 0 Å².